The van der Waals surface area contributed by atoms with Crippen LogP contribution in [0.2, 0.25) is 5.02 Å². The van der Waals surface area contributed by atoms with Crippen LogP contribution in [0, 0.1) is 0 Å². The Balaban J connectivity index is 1.68. The molecule has 0 bridgehead atoms. The number of nitrogens with one attached hydrogen (secondary N) is 1. The zero-order valence-electron chi connectivity index (χ0n) is 16.9. The molecule has 1 heterocycles. The lowest BCUT2D eigenvalue weighted by atomic mass is 10.0. The lowest BCUT2D eigenvalue weighted by Gasteiger charge is -2.12. The third kappa shape index (κ3) is 4.70. The summed E-state index contributed by atoms with van der Waals surface area (Å²) >= 11 is 6.05. The zero-order valence-corrected chi connectivity index (χ0v) is 19.3. The molecule has 1 N–H and O–H groups in total. The average Bonchev–Trinajstić information content (AvgIpc) is 3.33. The van der Waals surface area contributed by atoms with Crippen LogP contribution in [0.15, 0.2) is 107 Å². The molecule has 0 spiro atoms. The number of carbonyl (C=O) groups excluding carboxylic acids is 1. The van der Waals surface area contributed by atoms with E-state index in [4.69, 9.17) is 11.6 Å². The van der Waals surface area contributed by atoms with Gasteiger partial charge >= 0.3 is 0 Å². The van der Waals surface area contributed by atoms with Crippen LogP contribution < -0.4 is 4.72 Å². The van der Waals surface area contributed by atoms with Crippen molar-refractivity contribution in [2.45, 2.75) is 9.79 Å². The van der Waals surface area contributed by atoms with Crippen LogP contribution in [-0.4, -0.2) is 26.6 Å². The number of anilines is 1. The molecule has 4 rings (SSSR count). The van der Waals surface area contributed by atoms with Crippen molar-refractivity contribution < 1.29 is 21.6 Å². The van der Waals surface area contributed by atoms with Gasteiger partial charge < -0.3 is 0 Å². The molecule has 0 aliphatic carbocycles. The lowest BCUT2D eigenvalue weighted by Crippen LogP contribution is -2.16. The summed E-state index contributed by atoms with van der Waals surface area (Å²) in [7, 11) is -8.18. The first-order valence-electron chi connectivity index (χ1n) is 9.59. The molecule has 4 aromatic rings. The monoisotopic (exact) mass is 500 g/mol. The minimum absolute atomic E-state index is 0.0194. The molecule has 3 aromatic carbocycles. The topological polar surface area (TPSA) is 102 Å². The van der Waals surface area contributed by atoms with Crippen LogP contribution in [0.3, 0.4) is 0 Å². The molecule has 10 heteroatoms. The predicted octanol–water partition coefficient (Wildman–Crippen LogP) is 4.41. The first-order chi connectivity index (χ1) is 15.7. The van der Waals surface area contributed by atoms with E-state index in [-0.39, 0.29) is 26.1 Å². The third-order valence-electron chi connectivity index (χ3n) is 4.78. The zero-order chi connectivity index (χ0) is 23.6. The maximum Gasteiger partial charge on any atom is 0.267 e. The first-order valence-corrected chi connectivity index (χ1v) is 12.9. The number of carbonyl (C=O) groups is 1. The highest BCUT2D eigenvalue weighted by Gasteiger charge is 2.23. The van der Waals surface area contributed by atoms with E-state index in [9.17, 15) is 21.6 Å². The van der Waals surface area contributed by atoms with Gasteiger partial charge in [0.15, 0.2) is 5.78 Å². The van der Waals surface area contributed by atoms with Gasteiger partial charge in [-0.3, -0.25) is 9.52 Å². The quantitative estimate of drug-likeness (QED) is 0.379. The maximum absolute atomic E-state index is 13.0. The van der Waals surface area contributed by atoms with Crippen molar-refractivity contribution in [1.82, 2.24) is 3.97 Å². The molecule has 0 atom stereocenters. The second kappa shape index (κ2) is 8.86. The van der Waals surface area contributed by atoms with Crippen LogP contribution in [0.25, 0.3) is 0 Å². The molecule has 0 amide bonds. The fourth-order valence-corrected chi connectivity index (χ4v) is 5.66. The number of benzene rings is 3. The van der Waals surface area contributed by atoms with E-state index in [1.54, 1.807) is 48.5 Å². The fraction of sp³-hybridized carbons (Fsp3) is 0. The molecule has 0 saturated heterocycles. The Hall–Kier alpha value is -3.40. The van der Waals surface area contributed by atoms with E-state index in [1.165, 1.54) is 30.3 Å². The Morgan fingerprint density at radius 3 is 2.09 bits per heavy atom. The van der Waals surface area contributed by atoms with Gasteiger partial charge in [0.05, 0.1) is 10.6 Å². The molecule has 168 valence electrons. The summed E-state index contributed by atoms with van der Waals surface area (Å²) in [4.78, 5) is 12.7. The van der Waals surface area contributed by atoms with Crippen molar-refractivity contribution in [1.29, 1.82) is 0 Å². The highest BCUT2D eigenvalue weighted by Crippen LogP contribution is 2.27. The van der Waals surface area contributed by atoms with E-state index >= 15 is 0 Å². The third-order valence-corrected chi connectivity index (χ3v) is 8.01. The molecule has 0 aliphatic rings. The van der Waals surface area contributed by atoms with Crippen molar-refractivity contribution in [2.24, 2.45) is 0 Å². The van der Waals surface area contributed by atoms with Crippen molar-refractivity contribution >= 4 is 43.1 Å². The normalized spacial score (nSPS) is 11.8. The van der Waals surface area contributed by atoms with Crippen LogP contribution in [0.1, 0.15) is 15.9 Å². The minimum Gasteiger partial charge on any atom is -0.289 e. The van der Waals surface area contributed by atoms with Gasteiger partial charge in [0.25, 0.3) is 20.0 Å². The fourth-order valence-electron chi connectivity index (χ4n) is 3.12. The molecule has 1 aromatic heterocycles. The van der Waals surface area contributed by atoms with Crippen molar-refractivity contribution in [2.75, 3.05) is 4.72 Å². The standard InChI is InChI=1S/C23H17ClN2O5S2/c24-18-11-12-22(21(15-18)23(27)17-7-3-1-4-8-17)25-32(28,29)20-13-14-26(16-20)33(30,31)19-9-5-2-6-10-19/h1-16,25H. The van der Waals surface area contributed by atoms with Gasteiger partial charge in [0.2, 0.25) is 0 Å². The SMILES string of the molecule is O=C(c1ccccc1)c1cc(Cl)ccc1NS(=O)(=O)c1ccn(S(=O)(=O)c2ccccc2)c1. The van der Waals surface area contributed by atoms with Gasteiger partial charge in [-0.15, -0.1) is 0 Å². The molecule has 0 saturated carbocycles. The Labute approximate surface area is 196 Å². The summed E-state index contributed by atoms with van der Waals surface area (Å²) in [6.45, 7) is 0. The van der Waals surface area contributed by atoms with Crippen molar-refractivity contribution in [3.8, 4) is 0 Å². The Morgan fingerprint density at radius 1 is 0.788 bits per heavy atom. The van der Waals surface area contributed by atoms with E-state index in [1.807, 2.05) is 0 Å². The second-order valence-corrected chi connectivity index (χ2v) is 10.9. The smallest absolute Gasteiger partial charge is 0.267 e. The Morgan fingerprint density at radius 2 is 1.42 bits per heavy atom. The van der Waals surface area contributed by atoms with Crippen LogP contribution in [-0.2, 0) is 20.0 Å². The Bertz CT molecular complexity index is 1530. The van der Waals surface area contributed by atoms with Crippen LogP contribution in [0.4, 0.5) is 5.69 Å². The highest BCUT2D eigenvalue weighted by molar-refractivity contribution is 7.93. The van der Waals surface area contributed by atoms with Crippen LogP contribution >= 0.6 is 11.6 Å². The van der Waals surface area contributed by atoms with Gasteiger partial charge in [-0.2, -0.15) is 0 Å². The summed E-state index contributed by atoms with van der Waals surface area (Å²) in [6, 6.07) is 21.4. The van der Waals surface area contributed by atoms with Crippen LogP contribution in [0.5, 0.6) is 0 Å². The molecular formula is C23H17ClN2O5S2. The Kier molecular flexibility index (Phi) is 6.11. The highest BCUT2D eigenvalue weighted by atomic mass is 35.5. The molecule has 0 radical (unpaired) electrons. The average molecular weight is 501 g/mol. The number of hydrogen-bond acceptors (Lipinski definition) is 5. The van der Waals surface area contributed by atoms with Gasteiger partial charge in [-0.1, -0.05) is 60.1 Å². The number of halogens is 1. The van der Waals surface area contributed by atoms with E-state index in [0.29, 0.717) is 5.56 Å². The van der Waals surface area contributed by atoms with E-state index < -0.39 is 25.8 Å². The number of hydrogen-bond donors (Lipinski definition) is 1. The summed E-state index contributed by atoms with van der Waals surface area (Å²) in [5.41, 5.74) is 0.445. The first kappa shape index (κ1) is 22.8. The number of rotatable bonds is 7. The summed E-state index contributed by atoms with van der Waals surface area (Å²) < 4.78 is 54.7. The lowest BCUT2D eigenvalue weighted by molar-refractivity contribution is 0.103. The molecule has 0 fully saturated rings. The molecule has 7 nitrogen and oxygen atoms in total. The van der Waals surface area contributed by atoms with Crippen molar-refractivity contribution in [3.63, 3.8) is 0 Å². The maximum atomic E-state index is 13.0. The van der Waals surface area contributed by atoms with Gasteiger partial charge in [0.1, 0.15) is 4.90 Å². The summed E-state index contributed by atoms with van der Waals surface area (Å²) in [6.07, 6.45) is 2.15. The molecule has 0 unspecified atom stereocenters. The van der Waals surface area contributed by atoms with Gasteiger partial charge in [0, 0.05) is 28.5 Å². The molecular weight excluding hydrogens is 484 g/mol. The molecule has 0 aliphatic heterocycles. The number of sulfonamides is 1. The largest absolute Gasteiger partial charge is 0.289 e. The molecule has 33 heavy (non-hydrogen) atoms. The minimum atomic E-state index is -4.22. The second-order valence-electron chi connectivity index (χ2n) is 6.99. The number of ketones is 1. The predicted molar refractivity (Wildman–Crippen MR) is 126 cm³/mol. The van der Waals surface area contributed by atoms with Crippen molar-refractivity contribution in [3.05, 3.63) is 113 Å². The van der Waals surface area contributed by atoms with Gasteiger partial charge in [-0.25, -0.2) is 20.8 Å². The van der Waals surface area contributed by atoms with Gasteiger partial charge in [-0.05, 0) is 36.4 Å². The summed E-state index contributed by atoms with van der Waals surface area (Å²) in [5.74, 6) is -0.417. The summed E-state index contributed by atoms with van der Waals surface area (Å²) in [5, 5.41) is 0.261. The number of aromatic nitrogens is 1. The number of nitrogens with zero attached hydrogens (tertiary/aromatic N) is 1. The van der Waals surface area contributed by atoms with E-state index in [2.05, 4.69) is 4.72 Å². The van der Waals surface area contributed by atoms with E-state index in [0.717, 1.165) is 22.4 Å².